The highest BCUT2D eigenvalue weighted by atomic mass is 14.7. The molecule has 218 valence electrons. The van der Waals surface area contributed by atoms with Crippen molar-refractivity contribution >= 4 is 21.5 Å². The van der Waals surface area contributed by atoms with Crippen LogP contribution in [0.15, 0.2) is 158 Å². The summed E-state index contributed by atoms with van der Waals surface area (Å²) in [6, 6.07) is 52.3. The molecule has 0 spiro atoms. The number of rotatable bonds is 5. The van der Waals surface area contributed by atoms with E-state index in [2.05, 4.69) is 145 Å². The topological polar surface area (TPSA) is 25.8 Å². The van der Waals surface area contributed by atoms with Gasteiger partial charge in [-0.1, -0.05) is 115 Å². The van der Waals surface area contributed by atoms with Crippen molar-refractivity contribution in [3.8, 4) is 55.9 Å². The Balaban J connectivity index is 1.41. The minimum Gasteiger partial charge on any atom is -0.256 e. The zero-order valence-corrected chi connectivity index (χ0v) is 25.9. The van der Waals surface area contributed by atoms with Crippen LogP contribution >= 0.6 is 0 Å². The van der Waals surface area contributed by atoms with Crippen LogP contribution in [0.1, 0.15) is 11.1 Å². The third-order valence-electron chi connectivity index (χ3n) is 9.04. The molecule has 0 N–H and O–H groups in total. The maximum atomic E-state index is 4.63. The summed E-state index contributed by atoms with van der Waals surface area (Å²) in [7, 11) is 0. The summed E-state index contributed by atoms with van der Waals surface area (Å²) in [6.07, 6.45) is 3.72. The summed E-state index contributed by atoms with van der Waals surface area (Å²) in [6.45, 7) is 4.37. The minimum absolute atomic E-state index is 0.993. The number of pyridine rings is 2. The summed E-state index contributed by atoms with van der Waals surface area (Å²) in [5, 5.41) is 4.97. The Morgan fingerprint density at radius 2 is 0.826 bits per heavy atom. The maximum absolute atomic E-state index is 4.63. The molecule has 0 amide bonds. The van der Waals surface area contributed by atoms with Crippen LogP contribution in [0, 0.1) is 13.8 Å². The first-order chi connectivity index (χ1) is 22.7. The lowest BCUT2D eigenvalue weighted by atomic mass is 9.83. The predicted molar refractivity (Wildman–Crippen MR) is 194 cm³/mol. The number of fused-ring (bicyclic) bond motifs is 2. The second-order valence-corrected chi connectivity index (χ2v) is 11.9. The standard InChI is InChI=1S/C44H32N2/c1-29-26-33(19-21-35(29)41-16-8-10-24-45-41)43-37-14-6-7-15-38(37)44(34-20-22-36(30(2)27-34)42-17-9-11-25-46-42)40-28-32(18-23-39(40)43)31-12-4-3-5-13-31/h3-28H,1-2H3. The van der Waals surface area contributed by atoms with Gasteiger partial charge in [-0.25, -0.2) is 0 Å². The van der Waals surface area contributed by atoms with Gasteiger partial charge in [0.2, 0.25) is 0 Å². The molecule has 0 unspecified atom stereocenters. The fraction of sp³-hybridized carbons (Fsp3) is 0.0455. The fourth-order valence-electron chi connectivity index (χ4n) is 6.87. The molecule has 0 saturated carbocycles. The van der Waals surface area contributed by atoms with E-state index in [0.717, 1.165) is 22.5 Å². The second kappa shape index (κ2) is 11.6. The SMILES string of the molecule is Cc1cc(-c2c3ccccc3c(-c3ccc(-c4ccccn4)c(C)c3)c3cc(-c4ccccc4)ccc23)ccc1-c1ccccn1. The fourth-order valence-corrected chi connectivity index (χ4v) is 6.87. The van der Waals surface area contributed by atoms with Crippen molar-refractivity contribution in [2.75, 3.05) is 0 Å². The number of aromatic nitrogens is 2. The molecule has 0 bridgehead atoms. The van der Waals surface area contributed by atoms with Crippen LogP contribution in [-0.2, 0) is 0 Å². The van der Waals surface area contributed by atoms with Crippen molar-refractivity contribution in [1.82, 2.24) is 9.97 Å². The molecule has 46 heavy (non-hydrogen) atoms. The molecular formula is C44H32N2. The highest BCUT2D eigenvalue weighted by molar-refractivity contribution is 6.22. The molecule has 0 saturated heterocycles. The molecule has 0 aliphatic carbocycles. The van der Waals surface area contributed by atoms with Crippen LogP contribution in [0.5, 0.6) is 0 Å². The van der Waals surface area contributed by atoms with Crippen LogP contribution < -0.4 is 0 Å². The van der Waals surface area contributed by atoms with E-state index in [1.807, 2.05) is 36.7 Å². The van der Waals surface area contributed by atoms with E-state index in [4.69, 9.17) is 0 Å². The third kappa shape index (κ3) is 4.85. The van der Waals surface area contributed by atoms with E-state index in [1.165, 1.54) is 66.1 Å². The van der Waals surface area contributed by atoms with E-state index < -0.39 is 0 Å². The number of hydrogen-bond donors (Lipinski definition) is 0. The van der Waals surface area contributed by atoms with E-state index >= 15 is 0 Å². The first kappa shape index (κ1) is 27.7. The van der Waals surface area contributed by atoms with E-state index in [1.54, 1.807) is 0 Å². The average Bonchev–Trinajstić information content (AvgIpc) is 3.11. The molecule has 6 aromatic carbocycles. The van der Waals surface area contributed by atoms with Crippen LogP contribution in [0.4, 0.5) is 0 Å². The number of aryl methyl sites for hydroxylation is 2. The zero-order valence-electron chi connectivity index (χ0n) is 25.9. The summed E-state index contributed by atoms with van der Waals surface area (Å²) in [5.41, 5.74) is 14.1. The Bertz CT molecular complexity index is 2360. The molecule has 0 radical (unpaired) electrons. The van der Waals surface area contributed by atoms with Crippen molar-refractivity contribution in [3.05, 3.63) is 169 Å². The van der Waals surface area contributed by atoms with Gasteiger partial charge in [0.25, 0.3) is 0 Å². The molecule has 0 atom stereocenters. The highest BCUT2D eigenvalue weighted by Gasteiger charge is 2.19. The van der Waals surface area contributed by atoms with Gasteiger partial charge in [0.15, 0.2) is 0 Å². The lowest BCUT2D eigenvalue weighted by molar-refractivity contribution is 1.31. The van der Waals surface area contributed by atoms with Gasteiger partial charge in [-0.05, 0) is 110 Å². The van der Waals surface area contributed by atoms with Crippen LogP contribution in [0.2, 0.25) is 0 Å². The first-order valence-electron chi connectivity index (χ1n) is 15.7. The van der Waals surface area contributed by atoms with Gasteiger partial charge in [-0.2, -0.15) is 0 Å². The Morgan fingerprint density at radius 3 is 1.35 bits per heavy atom. The summed E-state index contributed by atoms with van der Waals surface area (Å²) >= 11 is 0. The van der Waals surface area contributed by atoms with Gasteiger partial charge >= 0.3 is 0 Å². The molecular weight excluding hydrogens is 556 g/mol. The Morgan fingerprint density at radius 1 is 0.348 bits per heavy atom. The Hall–Kier alpha value is -5.86. The highest BCUT2D eigenvalue weighted by Crippen LogP contribution is 2.46. The summed E-state index contributed by atoms with van der Waals surface area (Å²) < 4.78 is 0. The van der Waals surface area contributed by atoms with Crippen molar-refractivity contribution < 1.29 is 0 Å². The monoisotopic (exact) mass is 588 g/mol. The Kier molecular flexibility index (Phi) is 6.96. The molecule has 0 fully saturated rings. The third-order valence-corrected chi connectivity index (χ3v) is 9.04. The maximum Gasteiger partial charge on any atom is 0.0704 e. The predicted octanol–water partition coefficient (Wildman–Crippen LogP) is 11.7. The van der Waals surface area contributed by atoms with Crippen molar-refractivity contribution in [2.24, 2.45) is 0 Å². The lowest BCUT2D eigenvalue weighted by Crippen LogP contribution is -1.94. The van der Waals surface area contributed by atoms with Gasteiger partial charge in [0, 0.05) is 23.5 Å². The molecule has 2 heteroatoms. The molecule has 0 aliphatic heterocycles. The quantitative estimate of drug-likeness (QED) is 0.187. The lowest BCUT2D eigenvalue weighted by Gasteiger charge is -2.20. The van der Waals surface area contributed by atoms with Gasteiger partial charge in [0.05, 0.1) is 11.4 Å². The second-order valence-electron chi connectivity index (χ2n) is 11.9. The van der Waals surface area contributed by atoms with Crippen molar-refractivity contribution in [3.63, 3.8) is 0 Å². The number of benzene rings is 6. The summed E-state index contributed by atoms with van der Waals surface area (Å²) in [5.74, 6) is 0. The summed E-state index contributed by atoms with van der Waals surface area (Å²) in [4.78, 5) is 9.26. The zero-order chi connectivity index (χ0) is 31.0. The van der Waals surface area contributed by atoms with Crippen LogP contribution in [-0.4, -0.2) is 9.97 Å². The smallest absolute Gasteiger partial charge is 0.0704 e. The van der Waals surface area contributed by atoms with E-state index in [0.29, 0.717) is 0 Å². The van der Waals surface area contributed by atoms with Gasteiger partial charge in [0.1, 0.15) is 0 Å². The largest absolute Gasteiger partial charge is 0.256 e. The van der Waals surface area contributed by atoms with Crippen molar-refractivity contribution in [2.45, 2.75) is 13.8 Å². The Labute approximate surface area is 269 Å². The number of hydrogen-bond acceptors (Lipinski definition) is 2. The van der Waals surface area contributed by atoms with Crippen molar-refractivity contribution in [1.29, 1.82) is 0 Å². The normalized spacial score (nSPS) is 11.3. The first-order valence-corrected chi connectivity index (χ1v) is 15.7. The van der Waals surface area contributed by atoms with E-state index in [9.17, 15) is 0 Å². The molecule has 8 rings (SSSR count). The van der Waals surface area contributed by atoms with E-state index in [-0.39, 0.29) is 0 Å². The van der Waals surface area contributed by atoms with Gasteiger partial charge in [-0.3, -0.25) is 9.97 Å². The van der Waals surface area contributed by atoms with Crippen LogP contribution in [0.25, 0.3) is 77.4 Å². The average molecular weight is 589 g/mol. The minimum atomic E-state index is 0.993. The number of nitrogens with zero attached hydrogens (tertiary/aromatic N) is 2. The van der Waals surface area contributed by atoms with Gasteiger partial charge in [-0.15, -0.1) is 0 Å². The molecule has 2 aromatic heterocycles. The molecule has 2 heterocycles. The molecule has 0 aliphatic rings. The van der Waals surface area contributed by atoms with Crippen LogP contribution in [0.3, 0.4) is 0 Å². The molecule has 2 nitrogen and oxygen atoms in total. The van der Waals surface area contributed by atoms with Gasteiger partial charge < -0.3 is 0 Å². The molecule has 8 aromatic rings.